The molecule has 2 nitrogen and oxygen atoms in total. The fraction of sp³-hybridized carbons (Fsp3) is 0.583. The van der Waals surface area contributed by atoms with E-state index in [2.05, 4.69) is 4.98 Å². The van der Waals surface area contributed by atoms with Crippen LogP contribution in [0.4, 0.5) is 13.2 Å². The van der Waals surface area contributed by atoms with Gasteiger partial charge in [-0.25, -0.2) is 4.98 Å². The number of hydrogen-bond donors (Lipinski definition) is 1. The lowest BCUT2D eigenvalue weighted by Crippen LogP contribution is -2.12. The summed E-state index contributed by atoms with van der Waals surface area (Å²) in [6, 6.07) is 2.42. The standard InChI is InChI=1S/C12H17F3N2/c1-2-3-4-5-10-9(8-16)6-7-11(17-10)12(13,14)15/h6-7H,2-5,8,16H2,1H3. The average Bonchev–Trinajstić information content (AvgIpc) is 2.28. The van der Waals surface area contributed by atoms with Gasteiger partial charge in [0.1, 0.15) is 5.69 Å². The fourth-order valence-electron chi connectivity index (χ4n) is 1.63. The van der Waals surface area contributed by atoms with Crippen LogP contribution in [0.2, 0.25) is 0 Å². The molecule has 0 atom stereocenters. The van der Waals surface area contributed by atoms with Gasteiger partial charge in [-0.15, -0.1) is 0 Å². The van der Waals surface area contributed by atoms with E-state index in [0.717, 1.165) is 25.3 Å². The molecule has 0 unspecified atom stereocenters. The largest absolute Gasteiger partial charge is 0.433 e. The molecule has 1 aromatic rings. The van der Waals surface area contributed by atoms with Crippen molar-refractivity contribution in [3.05, 3.63) is 29.1 Å². The Kier molecular flexibility index (Phi) is 4.93. The quantitative estimate of drug-likeness (QED) is 0.810. The summed E-state index contributed by atoms with van der Waals surface area (Å²) in [6.07, 6.45) is -0.965. The van der Waals surface area contributed by atoms with E-state index in [-0.39, 0.29) is 6.54 Å². The average molecular weight is 246 g/mol. The van der Waals surface area contributed by atoms with Crippen molar-refractivity contribution in [3.8, 4) is 0 Å². The topological polar surface area (TPSA) is 38.9 Å². The third-order valence-corrected chi connectivity index (χ3v) is 2.60. The lowest BCUT2D eigenvalue weighted by atomic mass is 10.1. The minimum Gasteiger partial charge on any atom is -0.326 e. The maximum atomic E-state index is 12.5. The van der Waals surface area contributed by atoms with Gasteiger partial charge < -0.3 is 5.73 Å². The number of aromatic nitrogens is 1. The van der Waals surface area contributed by atoms with Gasteiger partial charge in [-0.3, -0.25) is 0 Å². The minimum atomic E-state index is -4.38. The molecule has 0 saturated carbocycles. The number of nitrogens with two attached hydrogens (primary N) is 1. The third-order valence-electron chi connectivity index (χ3n) is 2.60. The molecule has 0 radical (unpaired) electrons. The monoisotopic (exact) mass is 246 g/mol. The minimum absolute atomic E-state index is 0.229. The van der Waals surface area contributed by atoms with Crippen LogP contribution in [0.1, 0.15) is 43.1 Å². The number of rotatable bonds is 5. The van der Waals surface area contributed by atoms with Crippen LogP contribution in [0.5, 0.6) is 0 Å². The summed E-state index contributed by atoms with van der Waals surface area (Å²) in [7, 11) is 0. The van der Waals surface area contributed by atoms with Crippen molar-refractivity contribution in [1.82, 2.24) is 4.98 Å². The number of aryl methyl sites for hydroxylation is 1. The second kappa shape index (κ2) is 6.00. The summed E-state index contributed by atoms with van der Waals surface area (Å²) < 4.78 is 37.5. The summed E-state index contributed by atoms with van der Waals surface area (Å²) in [6.45, 7) is 2.27. The van der Waals surface area contributed by atoms with E-state index in [1.165, 1.54) is 6.07 Å². The van der Waals surface area contributed by atoms with E-state index in [4.69, 9.17) is 5.73 Å². The molecule has 2 N–H and O–H groups in total. The zero-order valence-electron chi connectivity index (χ0n) is 9.85. The van der Waals surface area contributed by atoms with Gasteiger partial charge in [0, 0.05) is 12.2 Å². The molecule has 0 aliphatic rings. The number of nitrogens with zero attached hydrogens (tertiary/aromatic N) is 1. The van der Waals surface area contributed by atoms with Crippen molar-refractivity contribution >= 4 is 0 Å². The van der Waals surface area contributed by atoms with Gasteiger partial charge in [-0.1, -0.05) is 25.8 Å². The maximum absolute atomic E-state index is 12.5. The van der Waals surface area contributed by atoms with Crippen LogP contribution in [-0.4, -0.2) is 4.98 Å². The molecule has 0 aliphatic carbocycles. The van der Waals surface area contributed by atoms with Crippen molar-refractivity contribution in [1.29, 1.82) is 0 Å². The highest BCUT2D eigenvalue weighted by atomic mass is 19.4. The first-order valence-corrected chi connectivity index (χ1v) is 5.75. The summed E-state index contributed by atoms with van der Waals surface area (Å²) in [5.74, 6) is 0. The highest BCUT2D eigenvalue weighted by Gasteiger charge is 2.32. The van der Waals surface area contributed by atoms with Gasteiger partial charge in [-0.2, -0.15) is 13.2 Å². The van der Waals surface area contributed by atoms with Crippen LogP contribution in [-0.2, 0) is 19.1 Å². The Morgan fingerprint density at radius 3 is 2.47 bits per heavy atom. The van der Waals surface area contributed by atoms with Gasteiger partial charge >= 0.3 is 6.18 Å². The molecular formula is C12H17F3N2. The van der Waals surface area contributed by atoms with Crippen LogP contribution in [0.25, 0.3) is 0 Å². The van der Waals surface area contributed by atoms with Crippen molar-refractivity contribution in [2.75, 3.05) is 0 Å². The molecule has 0 amide bonds. The van der Waals surface area contributed by atoms with Gasteiger partial charge in [0.2, 0.25) is 0 Å². The van der Waals surface area contributed by atoms with Crippen LogP contribution in [0.15, 0.2) is 12.1 Å². The van der Waals surface area contributed by atoms with Crippen LogP contribution in [0, 0.1) is 0 Å². The van der Waals surface area contributed by atoms with E-state index < -0.39 is 11.9 Å². The SMILES string of the molecule is CCCCCc1nc(C(F)(F)F)ccc1CN. The normalized spacial score (nSPS) is 11.8. The molecule has 96 valence electrons. The fourth-order valence-corrected chi connectivity index (χ4v) is 1.63. The maximum Gasteiger partial charge on any atom is 0.433 e. The summed E-state index contributed by atoms with van der Waals surface area (Å²) in [4.78, 5) is 3.68. The lowest BCUT2D eigenvalue weighted by molar-refractivity contribution is -0.141. The van der Waals surface area contributed by atoms with E-state index in [0.29, 0.717) is 17.7 Å². The van der Waals surface area contributed by atoms with Gasteiger partial charge in [0.05, 0.1) is 0 Å². The first kappa shape index (κ1) is 14.0. The number of unbranched alkanes of at least 4 members (excludes halogenated alkanes) is 2. The zero-order valence-corrected chi connectivity index (χ0v) is 9.85. The predicted octanol–water partition coefficient (Wildman–Crippen LogP) is 3.29. The van der Waals surface area contributed by atoms with Crippen molar-refractivity contribution < 1.29 is 13.2 Å². The first-order chi connectivity index (χ1) is 7.99. The highest BCUT2D eigenvalue weighted by molar-refractivity contribution is 5.24. The smallest absolute Gasteiger partial charge is 0.326 e. The van der Waals surface area contributed by atoms with Gasteiger partial charge in [-0.05, 0) is 24.5 Å². The van der Waals surface area contributed by atoms with Crippen molar-refractivity contribution in [3.63, 3.8) is 0 Å². The molecule has 0 aliphatic heterocycles. The molecule has 1 heterocycles. The number of hydrogen-bond acceptors (Lipinski definition) is 2. The molecule has 17 heavy (non-hydrogen) atoms. The molecule has 1 aromatic heterocycles. The van der Waals surface area contributed by atoms with E-state index in [9.17, 15) is 13.2 Å². The molecular weight excluding hydrogens is 229 g/mol. The number of pyridine rings is 1. The molecule has 0 fully saturated rings. The third kappa shape index (κ3) is 4.00. The van der Waals surface area contributed by atoms with Crippen LogP contribution >= 0.6 is 0 Å². The van der Waals surface area contributed by atoms with E-state index in [1.54, 1.807) is 0 Å². The van der Waals surface area contributed by atoms with E-state index >= 15 is 0 Å². The Morgan fingerprint density at radius 1 is 1.24 bits per heavy atom. The van der Waals surface area contributed by atoms with Gasteiger partial charge in [0.15, 0.2) is 0 Å². The Balaban J connectivity index is 2.90. The summed E-state index contributed by atoms with van der Waals surface area (Å²) >= 11 is 0. The van der Waals surface area contributed by atoms with Crippen LogP contribution < -0.4 is 5.73 Å². The molecule has 0 bridgehead atoms. The molecule has 0 saturated heterocycles. The highest BCUT2D eigenvalue weighted by Crippen LogP contribution is 2.28. The predicted molar refractivity (Wildman–Crippen MR) is 60.4 cm³/mol. The lowest BCUT2D eigenvalue weighted by Gasteiger charge is -2.11. The van der Waals surface area contributed by atoms with Crippen LogP contribution in [0.3, 0.4) is 0 Å². The molecule has 5 heteroatoms. The summed E-state index contributed by atoms with van der Waals surface area (Å²) in [5.41, 5.74) is 5.85. The first-order valence-electron chi connectivity index (χ1n) is 5.75. The Bertz CT molecular complexity index is 361. The molecule has 0 spiro atoms. The number of alkyl halides is 3. The zero-order chi connectivity index (χ0) is 12.9. The van der Waals surface area contributed by atoms with Crippen molar-refractivity contribution in [2.24, 2.45) is 5.73 Å². The Hall–Kier alpha value is -1.10. The van der Waals surface area contributed by atoms with E-state index in [1.807, 2.05) is 6.92 Å². The summed E-state index contributed by atoms with van der Waals surface area (Å²) in [5, 5.41) is 0. The Morgan fingerprint density at radius 2 is 1.94 bits per heavy atom. The van der Waals surface area contributed by atoms with Crippen molar-refractivity contribution in [2.45, 2.75) is 45.3 Å². The second-order valence-corrected chi connectivity index (χ2v) is 3.96. The number of halogens is 3. The second-order valence-electron chi connectivity index (χ2n) is 3.96. The Labute approximate surface area is 99.0 Å². The molecule has 0 aromatic carbocycles. The molecule has 1 rings (SSSR count). The van der Waals surface area contributed by atoms with Gasteiger partial charge in [0.25, 0.3) is 0 Å².